The van der Waals surface area contributed by atoms with E-state index in [0.717, 1.165) is 24.4 Å². The molecule has 0 radical (unpaired) electrons. The van der Waals surface area contributed by atoms with E-state index in [2.05, 4.69) is 41.4 Å². The molecule has 3 N–H and O–H groups in total. The van der Waals surface area contributed by atoms with Gasteiger partial charge in [-0.05, 0) is 12.3 Å². The molecule has 0 aliphatic carbocycles. The highest BCUT2D eigenvalue weighted by Gasteiger charge is 2.15. The highest BCUT2D eigenvalue weighted by molar-refractivity contribution is 5.65. The van der Waals surface area contributed by atoms with Crippen LogP contribution in [0, 0.1) is 5.92 Å². The maximum Gasteiger partial charge on any atom is 0.180 e. The lowest BCUT2D eigenvalue weighted by atomic mass is 10.1. The Balaban J connectivity index is 2.31. The van der Waals surface area contributed by atoms with Gasteiger partial charge in [-0.15, -0.1) is 0 Å². The molecule has 6 heteroatoms. The van der Waals surface area contributed by atoms with Crippen LogP contribution in [0.3, 0.4) is 0 Å². The number of nitrogens with one attached hydrogen (secondary N) is 2. The van der Waals surface area contributed by atoms with Crippen LogP contribution in [0.4, 0.5) is 11.6 Å². The molecule has 0 bridgehead atoms. The molecule has 0 fully saturated rings. The lowest BCUT2D eigenvalue weighted by Gasteiger charge is -2.21. The summed E-state index contributed by atoms with van der Waals surface area (Å²) in [6, 6.07) is -0.0376. The largest absolute Gasteiger partial charge is 0.394 e. The predicted octanol–water partition coefficient (Wildman–Crippen LogP) is 1.98. The van der Waals surface area contributed by atoms with E-state index in [1.807, 2.05) is 16.8 Å². The van der Waals surface area contributed by atoms with Crippen molar-refractivity contribution in [3.05, 3.63) is 18.6 Å². The number of nitrogens with zero attached hydrogens (tertiary/aromatic N) is 3. The third-order valence-corrected chi connectivity index (χ3v) is 3.25. The van der Waals surface area contributed by atoms with Crippen molar-refractivity contribution in [3.8, 4) is 0 Å². The van der Waals surface area contributed by atoms with Gasteiger partial charge in [-0.25, -0.2) is 9.97 Å². The highest BCUT2D eigenvalue weighted by atomic mass is 16.3. The normalized spacial score (nSPS) is 12.8. The van der Waals surface area contributed by atoms with E-state index in [9.17, 15) is 5.11 Å². The lowest BCUT2D eigenvalue weighted by Crippen LogP contribution is -2.30. The van der Waals surface area contributed by atoms with Gasteiger partial charge in [0, 0.05) is 18.9 Å². The van der Waals surface area contributed by atoms with Gasteiger partial charge in [0.2, 0.25) is 0 Å². The number of anilines is 2. The van der Waals surface area contributed by atoms with E-state index in [-0.39, 0.29) is 12.6 Å². The Morgan fingerprint density at radius 1 is 1.40 bits per heavy atom. The summed E-state index contributed by atoms with van der Waals surface area (Å²) >= 11 is 0. The standard InChI is InChI=1S/C14H23N5O/c1-4-5-15-12-8-19-7-6-16-14(19)13(18-12)17-11(9-20)10(2)3/h6-8,10-11,15,20H,4-5,9H2,1-3H3,(H,17,18). The first-order chi connectivity index (χ1) is 9.65. The first-order valence-electron chi connectivity index (χ1n) is 7.10. The summed E-state index contributed by atoms with van der Waals surface area (Å²) in [6.45, 7) is 7.19. The van der Waals surface area contributed by atoms with Crippen molar-refractivity contribution in [2.75, 3.05) is 23.8 Å². The summed E-state index contributed by atoms with van der Waals surface area (Å²) < 4.78 is 1.93. The second kappa shape index (κ2) is 6.56. The maximum absolute atomic E-state index is 9.46. The van der Waals surface area contributed by atoms with E-state index in [0.29, 0.717) is 11.7 Å². The number of aliphatic hydroxyl groups is 1. The number of hydrogen-bond acceptors (Lipinski definition) is 5. The van der Waals surface area contributed by atoms with Gasteiger partial charge in [-0.1, -0.05) is 20.8 Å². The second-order valence-corrected chi connectivity index (χ2v) is 5.24. The van der Waals surface area contributed by atoms with Gasteiger partial charge in [0.25, 0.3) is 0 Å². The Labute approximate surface area is 119 Å². The van der Waals surface area contributed by atoms with Crippen LogP contribution >= 0.6 is 0 Å². The van der Waals surface area contributed by atoms with Crippen molar-refractivity contribution in [2.45, 2.75) is 33.2 Å². The zero-order valence-corrected chi connectivity index (χ0v) is 12.3. The molecule has 0 saturated carbocycles. The minimum absolute atomic E-state index is 0.0376. The second-order valence-electron chi connectivity index (χ2n) is 5.24. The molecule has 6 nitrogen and oxygen atoms in total. The molecule has 110 valence electrons. The monoisotopic (exact) mass is 277 g/mol. The first kappa shape index (κ1) is 14.6. The zero-order chi connectivity index (χ0) is 14.5. The van der Waals surface area contributed by atoms with Crippen LogP contribution in [0.15, 0.2) is 18.6 Å². The Hall–Kier alpha value is -1.82. The van der Waals surface area contributed by atoms with Crippen LogP contribution in [-0.4, -0.2) is 38.7 Å². The molecule has 0 amide bonds. The van der Waals surface area contributed by atoms with Crippen LogP contribution in [0.25, 0.3) is 5.65 Å². The molecule has 2 aromatic rings. The smallest absolute Gasteiger partial charge is 0.180 e. The quantitative estimate of drug-likeness (QED) is 0.721. The fraction of sp³-hybridized carbons (Fsp3) is 0.571. The predicted molar refractivity (Wildman–Crippen MR) is 81.1 cm³/mol. The number of aromatic nitrogens is 3. The Kier molecular flexibility index (Phi) is 4.79. The van der Waals surface area contributed by atoms with Crippen molar-refractivity contribution >= 4 is 17.3 Å². The molecule has 2 rings (SSSR count). The van der Waals surface area contributed by atoms with Crippen LogP contribution < -0.4 is 10.6 Å². The topological polar surface area (TPSA) is 74.5 Å². The summed E-state index contributed by atoms with van der Waals surface area (Å²) in [5.74, 6) is 1.81. The third-order valence-electron chi connectivity index (χ3n) is 3.25. The van der Waals surface area contributed by atoms with Crippen molar-refractivity contribution in [3.63, 3.8) is 0 Å². The van der Waals surface area contributed by atoms with E-state index in [1.165, 1.54) is 0 Å². The van der Waals surface area contributed by atoms with Gasteiger partial charge >= 0.3 is 0 Å². The van der Waals surface area contributed by atoms with Gasteiger partial charge in [0.05, 0.1) is 18.8 Å². The average molecular weight is 277 g/mol. The molecule has 2 heterocycles. The molecule has 2 aromatic heterocycles. The summed E-state index contributed by atoms with van der Waals surface area (Å²) in [5.41, 5.74) is 0.770. The van der Waals surface area contributed by atoms with Gasteiger partial charge < -0.3 is 20.1 Å². The van der Waals surface area contributed by atoms with Crippen molar-refractivity contribution < 1.29 is 5.11 Å². The van der Waals surface area contributed by atoms with Crippen LogP contribution in [0.5, 0.6) is 0 Å². The van der Waals surface area contributed by atoms with Crippen LogP contribution in [0.1, 0.15) is 27.2 Å². The maximum atomic E-state index is 9.46. The number of imidazole rings is 1. The molecule has 0 spiro atoms. The van der Waals surface area contributed by atoms with E-state index < -0.39 is 0 Å². The molecule has 1 atom stereocenters. The van der Waals surface area contributed by atoms with Crippen LogP contribution in [-0.2, 0) is 0 Å². The average Bonchev–Trinajstić information content (AvgIpc) is 2.90. The SMILES string of the molecule is CCCNc1cn2ccnc2c(NC(CO)C(C)C)n1. The summed E-state index contributed by atoms with van der Waals surface area (Å²) in [6.07, 6.45) is 6.60. The highest BCUT2D eigenvalue weighted by Crippen LogP contribution is 2.19. The van der Waals surface area contributed by atoms with E-state index >= 15 is 0 Å². The van der Waals surface area contributed by atoms with Gasteiger partial charge in [-0.3, -0.25) is 0 Å². The molecule has 0 aliphatic heterocycles. The molecule has 20 heavy (non-hydrogen) atoms. The van der Waals surface area contributed by atoms with Gasteiger partial charge in [0.15, 0.2) is 11.5 Å². The number of hydrogen-bond donors (Lipinski definition) is 3. The van der Waals surface area contributed by atoms with Crippen molar-refractivity contribution in [1.82, 2.24) is 14.4 Å². The van der Waals surface area contributed by atoms with Crippen LogP contribution in [0.2, 0.25) is 0 Å². The van der Waals surface area contributed by atoms with Crippen molar-refractivity contribution in [1.29, 1.82) is 0 Å². The third kappa shape index (κ3) is 3.19. The molecular weight excluding hydrogens is 254 g/mol. The number of rotatable bonds is 7. The van der Waals surface area contributed by atoms with E-state index in [4.69, 9.17) is 0 Å². The zero-order valence-electron chi connectivity index (χ0n) is 12.3. The molecule has 0 saturated heterocycles. The lowest BCUT2D eigenvalue weighted by molar-refractivity contribution is 0.249. The Morgan fingerprint density at radius 3 is 2.85 bits per heavy atom. The molecule has 0 aromatic carbocycles. The van der Waals surface area contributed by atoms with E-state index in [1.54, 1.807) is 6.20 Å². The fourth-order valence-corrected chi connectivity index (χ4v) is 1.97. The first-order valence-corrected chi connectivity index (χ1v) is 7.10. The summed E-state index contributed by atoms with van der Waals surface area (Å²) in [7, 11) is 0. The molecule has 0 aliphatic rings. The van der Waals surface area contributed by atoms with Gasteiger partial charge in [-0.2, -0.15) is 0 Å². The molecule has 1 unspecified atom stereocenters. The number of fused-ring (bicyclic) bond motifs is 1. The van der Waals surface area contributed by atoms with Crippen molar-refractivity contribution in [2.24, 2.45) is 5.92 Å². The summed E-state index contributed by atoms with van der Waals surface area (Å²) in [5, 5.41) is 16.0. The van der Waals surface area contributed by atoms with Gasteiger partial charge in [0.1, 0.15) is 5.82 Å². The fourth-order valence-electron chi connectivity index (χ4n) is 1.97. The minimum Gasteiger partial charge on any atom is -0.394 e. The Morgan fingerprint density at radius 2 is 2.20 bits per heavy atom. The molecular formula is C14H23N5O. The Bertz CT molecular complexity index is 551. The number of aliphatic hydroxyl groups excluding tert-OH is 1. The summed E-state index contributed by atoms with van der Waals surface area (Å²) in [4.78, 5) is 8.88. The minimum atomic E-state index is -0.0376.